The molecule has 3 fully saturated rings. The molecule has 0 spiro atoms. The van der Waals surface area contributed by atoms with Gasteiger partial charge in [-0.05, 0) is 41.7 Å². The summed E-state index contributed by atoms with van der Waals surface area (Å²) in [4.78, 5) is 0. The summed E-state index contributed by atoms with van der Waals surface area (Å²) in [5.74, 6) is -0.408. The third-order valence-corrected chi connectivity index (χ3v) is 5.81. The highest BCUT2D eigenvalue weighted by atomic mass is 35.7. The minimum absolute atomic E-state index is 0.0102. The first-order valence-corrected chi connectivity index (χ1v) is 8.48. The van der Waals surface area contributed by atoms with E-state index in [0.717, 1.165) is 24.8 Å². The second kappa shape index (κ2) is 3.62. The third-order valence-electron chi connectivity index (χ3n) is 4.14. The smallest absolute Gasteiger partial charge is 0.212 e. The summed E-state index contributed by atoms with van der Waals surface area (Å²) in [6.07, 6.45) is 2.19. The summed E-state index contributed by atoms with van der Waals surface area (Å²) in [6, 6.07) is 4.79. The van der Waals surface area contributed by atoms with Gasteiger partial charge in [0.1, 0.15) is 5.82 Å². The first-order chi connectivity index (χ1) is 8.25. The third kappa shape index (κ3) is 1.77. The molecule has 3 aliphatic rings. The average Bonchev–Trinajstić information content (AvgIpc) is 2.13. The lowest BCUT2D eigenvalue weighted by atomic mass is 9.34. The quantitative estimate of drug-likeness (QED) is 0.801. The zero-order chi connectivity index (χ0) is 13.2. The Hall–Kier alpha value is -0.320. The van der Waals surface area contributed by atoms with Crippen molar-refractivity contribution in [2.24, 2.45) is 5.41 Å². The van der Waals surface area contributed by atoms with Crippen molar-refractivity contribution in [2.75, 3.05) is 5.75 Å². The van der Waals surface area contributed by atoms with E-state index in [9.17, 15) is 12.8 Å². The molecule has 1 aromatic carbocycles. The van der Waals surface area contributed by atoms with Gasteiger partial charge in [-0.3, -0.25) is 0 Å². The Balaban J connectivity index is 1.82. The van der Waals surface area contributed by atoms with E-state index < -0.39 is 14.9 Å². The molecule has 0 atom stereocenters. The highest BCUT2D eigenvalue weighted by Crippen LogP contribution is 2.74. The van der Waals surface area contributed by atoms with Gasteiger partial charge in [0.05, 0.1) is 10.8 Å². The zero-order valence-electron chi connectivity index (χ0n) is 9.42. The molecular weight excluding hydrogens is 298 g/mol. The molecule has 18 heavy (non-hydrogen) atoms. The first kappa shape index (κ1) is 12.7. The van der Waals surface area contributed by atoms with Gasteiger partial charge in [0.25, 0.3) is 0 Å². The molecule has 0 radical (unpaired) electrons. The van der Waals surface area contributed by atoms with E-state index in [1.807, 2.05) is 6.07 Å². The molecule has 1 aromatic rings. The normalized spacial score (nSPS) is 33.7. The average molecular weight is 309 g/mol. The van der Waals surface area contributed by atoms with E-state index in [1.165, 1.54) is 6.07 Å². The monoisotopic (exact) mass is 308 g/mol. The second-order valence-electron chi connectivity index (χ2n) is 5.60. The molecule has 0 aliphatic heterocycles. The van der Waals surface area contributed by atoms with Crippen molar-refractivity contribution >= 4 is 31.3 Å². The summed E-state index contributed by atoms with van der Waals surface area (Å²) < 4.78 is 35.6. The fourth-order valence-electron chi connectivity index (χ4n) is 3.72. The van der Waals surface area contributed by atoms with Crippen LogP contribution in [-0.4, -0.2) is 14.2 Å². The lowest BCUT2D eigenvalue weighted by Gasteiger charge is -2.71. The van der Waals surface area contributed by atoms with Gasteiger partial charge in [-0.1, -0.05) is 23.7 Å². The molecule has 6 heteroatoms. The molecule has 0 N–H and O–H groups in total. The number of rotatable bonds is 3. The topological polar surface area (TPSA) is 34.1 Å². The summed E-state index contributed by atoms with van der Waals surface area (Å²) in [6.45, 7) is 0. The maximum Gasteiger partial charge on any atom is 0.233 e. The molecule has 3 aliphatic carbocycles. The van der Waals surface area contributed by atoms with Crippen LogP contribution in [0.15, 0.2) is 18.2 Å². The SMILES string of the molecule is O=S(=O)(Cl)CC12CC(c3cccc(F)c3Cl)(C1)C2. The van der Waals surface area contributed by atoms with Crippen LogP contribution in [0.2, 0.25) is 5.02 Å². The zero-order valence-corrected chi connectivity index (χ0v) is 11.7. The molecule has 4 rings (SSSR count). The number of halogens is 3. The highest BCUT2D eigenvalue weighted by molar-refractivity contribution is 8.13. The van der Waals surface area contributed by atoms with E-state index in [2.05, 4.69) is 0 Å². The summed E-state index contributed by atoms with van der Waals surface area (Å²) in [7, 11) is 1.82. The first-order valence-electron chi connectivity index (χ1n) is 5.62. The number of hydrogen-bond donors (Lipinski definition) is 0. The van der Waals surface area contributed by atoms with Gasteiger partial charge in [0.15, 0.2) is 0 Å². The van der Waals surface area contributed by atoms with Crippen LogP contribution in [0.5, 0.6) is 0 Å². The Kier molecular flexibility index (Phi) is 2.55. The van der Waals surface area contributed by atoms with E-state index in [-0.39, 0.29) is 21.6 Å². The fraction of sp³-hybridized carbons (Fsp3) is 0.500. The standard InChI is InChI=1S/C12H11Cl2FO2S/c13-10-8(2-1-3-9(10)15)12-4-11(5-12,6-12)7-18(14,16)17/h1-3H,4-7H2. The van der Waals surface area contributed by atoms with Crippen LogP contribution in [-0.2, 0) is 14.5 Å². The summed E-state index contributed by atoms with van der Waals surface area (Å²) >= 11 is 5.97. The van der Waals surface area contributed by atoms with Gasteiger partial charge in [-0.2, -0.15) is 0 Å². The second-order valence-corrected chi connectivity index (χ2v) is 8.75. The van der Waals surface area contributed by atoms with Gasteiger partial charge in [0, 0.05) is 10.7 Å². The lowest BCUT2D eigenvalue weighted by molar-refractivity contribution is -0.122. The Morgan fingerprint density at radius 2 is 1.89 bits per heavy atom. The van der Waals surface area contributed by atoms with Crippen LogP contribution in [0, 0.1) is 11.2 Å². The molecule has 98 valence electrons. The van der Waals surface area contributed by atoms with Crippen LogP contribution in [0.3, 0.4) is 0 Å². The van der Waals surface area contributed by atoms with Crippen molar-refractivity contribution in [2.45, 2.75) is 24.7 Å². The Morgan fingerprint density at radius 3 is 2.44 bits per heavy atom. The highest BCUT2D eigenvalue weighted by Gasteiger charge is 2.69. The van der Waals surface area contributed by atoms with Gasteiger partial charge < -0.3 is 0 Å². The van der Waals surface area contributed by atoms with E-state index in [1.54, 1.807) is 6.07 Å². The number of benzene rings is 1. The van der Waals surface area contributed by atoms with E-state index in [4.69, 9.17) is 22.3 Å². The van der Waals surface area contributed by atoms with E-state index in [0.29, 0.717) is 0 Å². The molecule has 0 amide bonds. The van der Waals surface area contributed by atoms with Crippen molar-refractivity contribution in [3.8, 4) is 0 Å². The van der Waals surface area contributed by atoms with Crippen LogP contribution in [0.25, 0.3) is 0 Å². The van der Waals surface area contributed by atoms with Crippen LogP contribution < -0.4 is 0 Å². The molecule has 0 unspecified atom stereocenters. The van der Waals surface area contributed by atoms with Crippen molar-refractivity contribution in [3.05, 3.63) is 34.6 Å². The molecule has 2 bridgehead atoms. The molecule has 0 aromatic heterocycles. The maximum absolute atomic E-state index is 13.4. The minimum atomic E-state index is -3.47. The van der Waals surface area contributed by atoms with Gasteiger partial charge in [-0.25, -0.2) is 12.8 Å². The molecule has 0 heterocycles. The predicted octanol–water partition coefficient (Wildman–Crippen LogP) is 3.47. The predicted molar refractivity (Wildman–Crippen MR) is 69.0 cm³/mol. The number of hydrogen-bond acceptors (Lipinski definition) is 2. The maximum atomic E-state index is 13.4. The Morgan fingerprint density at radius 1 is 1.28 bits per heavy atom. The van der Waals surface area contributed by atoms with Gasteiger partial charge >= 0.3 is 0 Å². The lowest BCUT2D eigenvalue weighted by Crippen LogP contribution is -2.66. The van der Waals surface area contributed by atoms with Crippen molar-refractivity contribution < 1.29 is 12.8 Å². The van der Waals surface area contributed by atoms with Crippen LogP contribution >= 0.6 is 22.3 Å². The van der Waals surface area contributed by atoms with Gasteiger partial charge in [0.2, 0.25) is 9.05 Å². The molecule has 0 saturated heterocycles. The van der Waals surface area contributed by atoms with Crippen molar-refractivity contribution in [1.82, 2.24) is 0 Å². The summed E-state index contributed by atoms with van der Waals surface area (Å²) in [5, 5.41) is 0.166. The molecule has 2 nitrogen and oxygen atoms in total. The Bertz CT molecular complexity index is 607. The largest absolute Gasteiger partial charge is 0.233 e. The van der Waals surface area contributed by atoms with Crippen LogP contribution in [0.4, 0.5) is 4.39 Å². The van der Waals surface area contributed by atoms with Crippen molar-refractivity contribution in [3.63, 3.8) is 0 Å². The minimum Gasteiger partial charge on any atom is -0.212 e. The molecular formula is C12H11Cl2FO2S. The van der Waals surface area contributed by atoms with Gasteiger partial charge in [-0.15, -0.1) is 0 Å². The van der Waals surface area contributed by atoms with Crippen LogP contribution in [0.1, 0.15) is 24.8 Å². The molecule has 3 saturated carbocycles. The Labute approximate surface area is 115 Å². The fourth-order valence-corrected chi connectivity index (χ4v) is 5.77. The summed E-state index contributed by atoms with van der Waals surface area (Å²) in [5.41, 5.74) is 0.481. The van der Waals surface area contributed by atoms with E-state index >= 15 is 0 Å². The van der Waals surface area contributed by atoms with Crippen molar-refractivity contribution in [1.29, 1.82) is 0 Å².